The molecule has 3 aromatic rings. The molecule has 3 rings (SSSR count). The molecule has 15 heavy (non-hydrogen) atoms. The number of thiophene rings is 1. The molecule has 0 N–H and O–H groups in total. The topological polar surface area (TPSA) is 0 Å². The van der Waals surface area contributed by atoms with Gasteiger partial charge in [0.15, 0.2) is 0 Å². The Bertz CT molecular complexity index is 657. The summed E-state index contributed by atoms with van der Waals surface area (Å²) in [6, 6.07) is 12.4. The van der Waals surface area contributed by atoms with E-state index in [9.17, 15) is 0 Å². The second-order valence-corrected chi connectivity index (χ2v) is 5.62. The Labute approximate surface area is 105 Å². The van der Waals surface area contributed by atoms with Crippen molar-refractivity contribution < 1.29 is 0 Å². The van der Waals surface area contributed by atoms with E-state index in [1.165, 1.54) is 20.2 Å². The molecule has 0 radical (unpaired) electrons. The first-order valence-electron chi connectivity index (χ1n) is 4.52. The van der Waals surface area contributed by atoms with Gasteiger partial charge >= 0.3 is 0 Å². The van der Waals surface area contributed by atoms with Crippen LogP contribution < -0.4 is 0 Å². The smallest absolute Gasteiger partial charge is 0.0555 e. The minimum Gasteiger partial charge on any atom is -0.135 e. The first kappa shape index (κ1) is 9.64. The van der Waals surface area contributed by atoms with Gasteiger partial charge in [0.2, 0.25) is 0 Å². The number of hydrogen-bond acceptors (Lipinski definition) is 1. The molecule has 0 saturated heterocycles. The monoisotopic (exact) mass is 296 g/mol. The normalized spacial score (nSPS) is 11.3. The minimum atomic E-state index is 0.769. The Morgan fingerprint density at radius 3 is 2.67 bits per heavy atom. The van der Waals surface area contributed by atoms with E-state index in [0.717, 1.165) is 9.50 Å². The Morgan fingerprint density at radius 2 is 1.80 bits per heavy atom. The van der Waals surface area contributed by atoms with Crippen molar-refractivity contribution >= 4 is 59.0 Å². The highest BCUT2D eigenvalue weighted by molar-refractivity contribution is 9.10. The molecule has 1 heterocycles. The van der Waals surface area contributed by atoms with Crippen molar-refractivity contribution in [3.8, 4) is 0 Å². The summed E-state index contributed by atoms with van der Waals surface area (Å²) >= 11 is 11.5. The van der Waals surface area contributed by atoms with E-state index in [4.69, 9.17) is 11.6 Å². The van der Waals surface area contributed by atoms with Gasteiger partial charge in [0.05, 0.1) is 5.02 Å². The maximum atomic E-state index is 6.10. The summed E-state index contributed by atoms with van der Waals surface area (Å²) in [7, 11) is 0. The molecule has 0 saturated carbocycles. The zero-order valence-corrected chi connectivity index (χ0v) is 10.8. The SMILES string of the molecule is Clc1ccc2sc3ccccc3c2c1Br. The maximum Gasteiger partial charge on any atom is 0.0555 e. The zero-order chi connectivity index (χ0) is 10.4. The number of rotatable bonds is 0. The third-order valence-electron chi connectivity index (χ3n) is 2.43. The molecule has 3 heteroatoms. The molecule has 0 unspecified atom stereocenters. The van der Waals surface area contributed by atoms with Crippen molar-refractivity contribution in [2.45, 2.75) is 0 Å². The Morgan fingerprint density at radius 1 is 1.00 bits per heavy atom. The van der Waals surface area contributed by atoms with E-state index in [0.29, 0.717) is 0 Å². The van der Waals surface area contributed by atoms with Gasteiger partial charge in [0, 0.05) is 24.6 Å². The van der Waals surface area contributed by atoms with E-state index < -0.39 is 0 Å². The van der Waals surface area contributed by atoms with Crippen molar-refractivity contribution in [3.63, 3.8) is 0 Å². The maximum absolute atomic E-state index is 6.10. The van der Waals surface area contributed by atoms with Crippen LogP contribution in [0.5, 0.6) is 0 Å². The van der Waals surface area contributed by atoms with Crippen molar-refractivity contribution in [3.05, 3.63) is 45.9 Å². The van der Waals surface area contributed by atoms with E-state index >= 15 is 0 Å². The highest BCUT2D eigenvalue weighted by atomic mass is 79.9. The predicted molar refractivity (Wildman–Crippen MR) is 72.0 cm³/mol. The largest absolute Gasteiger partial charge is 0.135 e. The molecular weight excluding hydrogens is 292 g/mol. The van der Waals surface area contributed by atoms with Gasteiger partial charge in [-0.1, -0.05) is 29.8 Å². The first-order chi connectivity index (χ1) is 7.27. The van der Waals surface area contributed by atoms with Crippen LogP contribution in [0, 0.1) is 0 Å². The number of halogens is 2. The Balaban J connectivity index is 2.63. The Kier molecular flexibility index (Phi) is 2.23. The molecule has 0 amide bonds. The lowest BCUT2D eigenvalue weighted by Gasteiger charge is -1.97. The highest BCUT2D eigenvalue weighted by Crippen LogP contribution is 2.40. The third-order valence-corrected chi connectivity index (χ3v) is 4.94. The van der Waals surface area contributed by atoms with Crippen molar-refractivity contribution in [1.29, 1.82) is 0 Å². The van der Waals surface area contributed by atoms with Gasteiger partial charge in [-0.15, -0.1) is 11.3 Å². The fourth-order valence-corrected chi connectivity index (χ4v) is 3.71. The molecule has 0 atom stereocenters. The summed E-state index contributed by atoms with van der Waals surface area (Å²) in [5.41, 5.74) is 0. The van der Waals surface area contributed by atoms with E-state index in [1.54, 1.807) is 11.3 Å². The molecule has 1 aromatic heterocycles. The second kappa shape index (κ2) is 3.48. The van der Waals surface area contributed by atoms with Gasteiger partial charge in [0.25, 0.3) is 0 Å². The lowest BCUT2D eigenvalue weighted by Crippen LogP contribution is -1.71. The van der Waals surface area contributed by atoms with Crippen LogP contribution in [-0.2, 0) is 0 Å². The molecule has 0 spiro atoms. The van der Waals surface area contributed by atoms with Gasteiger partial charge in [-0.05, 0) is 34.1 Å². The van der Waals surface area contributed by atoms with Crippen LogP contribution in [0.15, 0.2) is 40.9 Å². The predicted octanol–water partition coefficient (Wildman–Crippen LogP) is 5.47. The molecule has 0 fully saturated rings. The van der Waals surface area contributed by atoms with E-state index in [1.807, 2.05) is 6.07 Å². The van der Waals surface area contributed by atoms with Crippen LogP contribution >= 0.6 is 38.9 Å². The zero-order valence-electron chi connectivity index (χ0n) is 7.63. The van der Waals surface area contributed by atoms with Crippen LogP contribution in [0.2, 0.25) is 5.02 Å². The second-order valence-electron chi connectivity index (χ2n) is 3.33. The molecule has 74 valence electrons. The molecule has 0 bridgehead atoms. The number of fused-ring (bicyclic) bond motifs is 3. The summed E-state index contributed by atoms with van der Waals surface area (Å²) in [6.45, 7) is 0. The average molecular weight is 298 g/mol. The third kappa shape index (κ3) is 1.40. The fraction of sp³-hybridized carbons (Fsp3) is 0. The molecule has 0 aliphatic heterocycles. The average Bonchev–Trinajstić information content (AvgIpc) is 2.62. The van der Waals surface area contributed by atoms with Gasteiger partial charge in [0.1, 0.15) is 0 Å². The Hall–Kier alpha value is -0.570. The van der Waals surface area contributed by atoms with Crippen LogP contribution in [0.3, 0.4) is 0 Å². The minimum absolute atomic E-state index is 0.769. The lowest BCUT2D eigenvalue weighted by atomic mass is 10.1. The fourth-order valence-electron chi connectivity index (χ4n) is 1.75. The van der Waals surface area contributed by atoms with Crippen molar-refractivity contribution in [1.82, 2.24) is 0 Å². The first-order valence-corrected chi connectivity index (χ1v) is 6.51. The summed E-state index contributed by atoms with van der Waals surface area (Å²) in [4.78, 5) is 0. The van der Waals surface area contributed by atoms with Gasteiger partial charge in [-0.2, -0.15) is 0 Å². The molecule has 0 nitrogen and oxygen atoms in total. The quantitative estimate of drug-likeness (QED) is 0.516. The molecule has 2 aromatic carbocycles. The van der Waals surface area contributed by atoms with Crippen LogP contribution in [0.4, 0.5) is 0 Å². The van der Waals surface area contributed by atoms with E-state index in [-0.39, 0.29) is 0 Å². The van der Waals surface area contributed by atoms with Crippen LogP contribution in [0.25, 0.3) is 20.2 Å². The van der Waals surface area contributed by atoms with Gasteiger partial charge in [-0.25, -0.2) is 0 Å². The van der Waals surface area contributed by atoms with Crippen molar-refractivity contribution in [2.24, 2.45) is 0 Å². The van der Waals surface area contributed by atoms with Crippen molar-refractivity contribution in [2.75, 3.05) is 0 Å². The van der Waals surface area contributed by atoms with Crippen LogP contribution in [-0.4, -0.2) is 0 Å². The molecule has 0 aliphatic rings. The summed E-state index contributed by atoms with van der Waals surface area (Å²) in [5, 5.41) is 3.26. The summed E-state index contributed by atoms with van der Waals surface area (Å²) in [6.07, 6.45) is 0. The van der Waals surface area contributed by atoms with E-state index in [2.05, 4.69) is 46.3 Å². The van der Waals surface area contributed by atoms with Gasteiger partial charge in [-0.3, -0.25) is 0 Å². The molecule has 0 aliphatic carbocycles. The lowest BCUT2D eigenvalue weighted by molar-refractivity contribution is 1.78. The summed E-state index contributed by atoms with van der Waals surface area (Å²) in [5.74, 6) is 0. The number of hydrogen-bond donors (Lipinski definition) is 0. The number of benzene rings is 2. The van der Waals surface area contributed by atoms with Gasteiger partial charge < -0.3 is 0 Å². The van der Waals surface area contributed by atoms with Crippen LogP contribution in [0.1, 0.15) is 0 Å². The molecular formula is C12H6BrClS. The summed E-state index contributed by atoms with van der Waals surface area (Å²) < 4.78 is 3.57. The standard InChI is InChI=1S/C12H6BrClS/c13-12-8(14)5-6-10-11(12)7-3-1-2-4-9(7)15-10/h1-6H. The highest BCUT2D eigenvalue weighted by Gasteiger charge is 2.09.